The van der Waals surface area contributed by atoms with E-state index in [4.69, 9.17) is 18.9 Å². The summed E-state index contributed by atoms with van der Waals surface area (Å²) in [5.41, 5.74) is -0.393. The zero-order chi connectivity index (χ0) is 15.4. The number of hydrogen-bond acceptors (Lipinski definition) is 6. The van der Waals surface area contributed by atoms with Crippen molar-refractivity contribution in [1.82, 2.24) is 5.32 Å². The maximum atomic E-state index is 9.28. The summed E-state index contributed by atoms with van der Waals surface area (Å²) >= 11 is 0. The SMILES string of the molecule is CCNC1(C#N)CCC(OCCOCCOCCOC)C1. The van der Waals surface area contributed by atoms with E-state index in [2.05, 4.69) is 11.4 Å². The van der Waals surface area contributed by atoms with Crippen molar-refractivity contribution in [3.05, 3.63) is 0 Å². The summed E-state index contributed by atoms with van der Waals surface area (Å²) < 4.78 is 21.4. The zero-order valence-electron chi connectivity index (χ0n) is 13.2. The molecular formula is C15H28N2O4. The topological polar surface area (TPSA) is 72.7 Å². The van der Waals surface area contributed by atoms with Crippen LogP contribution in [-0.4, -0.2) is 64.9 Å². The molecule has 0 aromatic rings. The fourth-order valence-corrected chi connectivity index (χ4v) is 2.52. The molecule has 0 heterocycles. The smallest absolute Gasteiger partial charge is 0.109 e. The molecular weight excluding hydrogens is 272 g/mol. The number of nitriles is 1. The molecule has 2 atom stereocenters. The monoisotopic (exact) mass is 300 g/mol. The lowest BCUT2D eigenvalue weighted by Crippen LogP contribution is -2.41. The fourth-order valence-electron chi connectivity index (χ4n) is 2.52. The van der Waals surface area contributed by atoms with Crippen LogP contribution in [0, 0.1) is 11.3 Å². The van der Waals surface area contributed by atoms with Crippen LogP contribution in [0.25, 0.3) is 0 Å². The van der Waals surface area contributed by atoms with E-state index in [1.807, 2.05) is 6.92 Å². The van der Waals surface area contributed by atoms with Crippen LogP contribution in [0.3, 0.4) is 0 Å². The van der Waals surface area contributed by atoms with E-state index in [0.717, 1.165) is 25.8 Å². The standard InChI is InChI=1S/C15H28N2O4/c1-3-17-15(13-16)5-4-14(12-15)21-11-10-20-9-8-19-7-6-18-2/h14,17H,3-12H2,1-2H3. The first-order valence-electron chi connectivity index (χ1n) is 7.68. The van der Waals surface area contributed by atoms with Gasteiger partial charge in [-0.2, -0.15) is 5.26 Å². The average Bonchev–Trinajstić information content (AvgIpc) is 2.90. The van der Waals surface area contributed by atoms with Crippen LogP contribution in [0.1, 0.15) is 26.2 Å². The Morgan fingerprint density at radius 3 is 2.43 bits per heavy atom. The minimum atomic E-state index is -0.393. The largest absolute Gasteiger partial charge is 0.382 e. The zero-order valence-corrected chi connectivity index (χ0v) is 13.2. The second kappa shape index (κ2) is 10.9. The molecule has 2 unspecified atom stereocenters. The van der Waals surface area contributed by atoms with Gasteiger partial charge in [0.1, 0.15) is 5.54 Å². The van der Waals surface area contributed by atoms with Gasteiger partial charge in [-0.05, 0) is 19.4 Å². The van der Waals surface area contributed by atoms with Crippen LogP contribution < -0.4 is 5.32 Å². The average molecular weight is 300 g/mol. The van der Waals surface area contributed by atoms with E-state index in [1.165, 1.54) is 0 Å². The first-order valence-corrected chi connectivity index (χ1v) is 7.68. The molecule has 0 amide bonds. The number of methoxy groups -OCH3 is 1. The van der Waals surface area contributed by atoms with Crippen molar-refractivity contribution in [3.63, 3.8) is 0 Å². The summed E-state index contributed by atoms with van der Waals surface area (Å²) in [6.07, 6.45) is 2.71. The predicted octanol–water partition coefficient (Wildman–Crippen LogP) is 1.11. The number of rotatable bonds is 12. The Bertz CT molecular complexity index is 309. The third-order valence-corrected chi connectivity index (χ3v) is 3.58. The third-order valence-electron chi connectivity index (χ3n) is 3.58. The minimum Gasteiger partial charge on any atom is -0.382 e. The lowest BCUT2D eigenvalue weighted by Gasteiger charge is -2.21. The van der Waals surface area contributed by atoms with Crippen molar-refractivity contribution < 1.29 is 18.9 Å². The second-order valence-electron chi connectivity index (χ2n) is 5.18. The van der Waals surface area contributed by atoms with E-state index in [0.29, 0.717) is 39.6 Å². The van der Waals surface area contributed by atoms with E-state index in [-0.39, 0.29) is 6.10 Å². The molecule has 0 aromatic heterocycles. The van der Waals surface area contributed by atoms with E-state index >= 15 is 0 Å². The van der Waals surface area contributed by atoms with Gasteiger partial charge in [-0.1, -0.05) is 6.92 Å². The van der Waals surface area contributed by atoms with Gasteiger partial charge in [-0.3, -0.25) is 5.32 Å². The summed E-state index contributed by atoms with van der Waals surface area (Å²) in [7, 11) is 1.65. The molecule has 1 fully saturated rings. The van der Waals surface area contributed by atoms with Crippen LogP contribution in [0.2, 0.25) is 0 Å². The lowest BCUT2D eigenvalue weighted by atomic mass is 10.00. The molecule has 0 spiro atoms. The molecule has 0 aromatic carbocycles. The highest BCUT2D eigenvalue weighted by molar-refractivity contribution is 5.12. The molecule has 1 N–H and O–H groups in total. The summed E-state index contributed by atoms with van der Waals surface area (Å²) in [6.45, 7) is 6.31. The fraction of sp³-hybridized carbons (Fsp3) is 0.933. The summed E-state index contributed by atoms with van der Waals surface area (Å²) in [4.78, 5) is 0. The van der Waals surface area contributed by atoms with Crippen molar-refractivity contribution in [3.8, 4) is 6.07 Å². The van der Waals surface area contributed by atoms with Gasteiger partial charge in [0.05, 0.1) is 51.8 Å². The Morgan fingerprint density at radius 1 is 1.14 bits per heavy atom. The molecule has 0 bridgehead atoms. The molecule has 21 heavy (non-hydrogen) atoms. The first kappa shape index (κ1) is 18.3. The van der Waals surface area contributed by atoms with Gasteiger partial charge in [0.25, 0.3) is 0 Å². The number of hydrogen-bond donors (Lipinski definition) is 1. The van der Waals surface area contributed by atoms with Gasteiger partial charge in [-0.25, -0.2) is 0 Å². The molecule has 6 nitrogen and oxygen atoms in total. The Kier molecular flexibility index (Phi) is 9.55. The van der Waals surface area contributed by atoms with Crippen LogP contribution >= 0.6 is 0 Å². The maximum absolute atomic E-state index is 9.28. The van der Waals surface area contributed by atoms with Crippen LogP contribution in [0.15, 0.2) is 0 Å². The van der Waals surface area contributed by atoms with Crippen molar-refractivity contribution >= 4 is 0 Å². The molecule has 0 aliphatic heterocycles. The highest BCUT2D eigenvalue weighted by atomic mass is 16.6. The summed E-state index contributed by atoms with van der Waals surface area (Å²) in [5, 5.41) is 12.6. The molecule has 0 radical (unpaired) electrons. The molecule has 1 aliphatic rings. The van der Waals surface area contributed by atoms with Crippen LogP contribution in [0.5, 0.6) is 0 Å². The summed E-state index contributed by atoms with van der Waals surface area (Å²) in [5.74, 6) is 0. The minimum absolute atomic E-state index is 0.158. The van der Waals surface area contributed by atoms with Crippen LogP contribution in [-0.2, 0) is 18.9 Å². The van der Waals surface area contributed by atoms with Gasteiger partial charge < -0.3 is 18.9 Å². The van der Waals surface area contributed by atoms with Crippen molar-refractivity contribution in [2.45, 2.75) is 37.8 Å². The quantitative estimate of drug-likeness (QED) is 0.544. The highest BCUT2D eigenvalue weighted by Crippen LogP contribution is 2.31. The van der Waals surface area contributed by atoms with Crippen LogP contribution in [0.4, 0.5) is 0 Å². The Morgan fingerprint density at radius 2 is 1.81 bits per heavy atom. The first-order chi connectivity index (χ1) is 10.3. The summed E-state index contributed by atoms with van der Waals surface area (Å²) in [6, 6.07) is 2.39. The third kappa shape index (κ3) is 7.21. The molecule has 122 valence electrons. The number of ether oxygens (including phenoxy) is 4. The number of nitrogens with zero attached hydrogens (tertiary/aromatic N) is 1. The van der Waals surface area contributed by atoms with Crippen molar-refractivity contribution in [2.75, 3.05) is 53.3 Å². The number of nitrogens with one attached hydrogen (secondary N) is 1. The van der Waals surface area contributed by atoms with Gasteiger partial charge in [0.15, 0.2) is 0 Å². The van der Waals surface area contributed by atoms with Gasteiger partial charge >= 0.3 is 0 Å². The van der Waals surface area contributed by atoms with Crippen molar-refractivity contribution in [1.29, 1.82) is 5.26 Å². The molecule has 0 saturated heterocycles. The Labute approximate surface area is 127 Å². The Hall–Kier alpha value is -0.710. The lowest BCUT2D eigenvalue weighted by molar-refractivity contribution is -0.0154. The van der Waals surface area contributed by atoms with Gasteiger partial charge in [-0.15, -0.1) is 0 Å². The maximum Gasteiger partial charge on any atom is 0.109 e. The van der Waals surface area contributed by atoms with Crippen molar-refractivity contribution in [2.24, 2.45) is 0 Å². The Balaban J connectivity index is 1.98. The predicted molar refractivity (Wildman–Crippen MR) is 79.1 cm³/mol. The highest BCUT2D eigenvalue weighted by Gasteiger charge is 2.39. The van der Waals surface area contributed by atoms with E-state index in [1.54, 1.807) is 7.11 Å². The second-order valence-corrected chi connectivity index (χ2v) is 5.18. The normalized spacial score (nSPS) is 25.1. The van der Waals surface area contributed by atoms with E-state index < -0.39 is 5.54 Å². The molecule has 6 heteroatoms. The molecule has 1 rings (SSSR count). The van der Waals surface area contributed by atoms with Gasteiger partial charge in [0, 0.05) is 13.5 Å². The van der Waals surface area contributed by atoms with E-state index in [9.17, 15) is 5.26 Å². The molecule has 1 aliphatic carbocycles. The molecule has 1 saturated carbocycles. The van der Waals surface area contributed by atoms with Gasteiger partial charge in [0.2, 0.25) is 0 Å².